The Bertz CT molecular complexity index is 3060. The molecular formula is C56H43BFN. The first-order valence-corrected chi connectivity index (χ1v) is 20.5. The first-order chi connectivity index (χ1) is 28.9. The molecule has 0 bridgehead atoms. The zero-order chi connectivity index (χ0) is 40.2. The number of anilines is 3. The Labute approximate surface area is 346 Å². The lowest BCUT2D eigenvalue weighted by Gasteiger charge is -2.30. The van der Waals surface area contributed by atoms with E-state index in [-0.39, 0.29) is 12.5 Å². The maximum Gasteiger partial charge on any atom is 0.243 e. The molecule has 0 aliphatic rings. The fraction of sp³-hybridized carbons (Fsp3) is 0.0714. The molecule has 0 atom stereocenters. The van der Waals surface area contributed by atoms with Crippen LogP contribution in [-0.4, -0.2) is 6.71 Å². The molecule has 3 heteroatoms. The Kier molecular flexibility index (Phi) is 9.10. The zero-order valence-electron chi connectivity index (χ0n) is 33.8. The topological polar surface area (TPSA) is 3.24 Å². The number of para-hydroxylation sites is 1. The molecule has 10 aromatic rings. The maximum atomic E-state index is 17.5. The predicted molar refractivity (Wildman–Crippen MR) is 252 cm³/mol. The molecule has 0 saturated heterocycles. The van der Waals surface area contributed by atoms with Gasteiger partial charge in [-0.3, -0.25) is 0 Å². The molecular weight excluding hydrogens is 716 g/mol. The van der Waals surface area contributed by atoms with Crippen molar-refractivity contribution in [1.82, 2.24) is 0 Å². The van der Waals surface area contributed by atoms with Gasteiger partial charge >= 0.3 is 0 Å². The second-order valence-electron chi connectivity index (χ2n) is 16.0. The van der Waals surface area contributed by atoms with Gasteiger partial charge in [0.1, 0.15) is 5.82 Å². The summed E-state index contributed by atoms with van der Waals surface area (Å²) < 4.78 is 17.5. The van der Waals surface area contributed by atoms with Gasteiger partial charge in [-0.25, -0.2) is 4.39 Å². The lowest BCUT2D eigenvalue weighted by molar-refractivity contribution is 0.630. The summed E-state index contributed by atoms with van der Waals surface area (Å²) in [5.74, 6) is -0.285. The van der Waals surface area contributed by atoms with Crippen molar-refractivity contribution in [3.05, 3.63) is 216 Å². The number of halogens is 1. The Morgan fingerprint density at radius 2 is 0.915 bits per heavy atom. The number of hydrogen-bond acceptors (Lipinski definition) is 1. The molecule has 59 heavy (non-hydrogen) atoms. The van der Waals surface area contributed by atoms with Gasteiger partial charge in [0.25, 0.3) is 0 Å². The van der Waals surface area contributed by atoms with Crippen molar-refractivity contribution in [2.75, 3.05) is 4.90 Å². The Hall–Kier alpha value is -6.97. The Morgan fingerprint density at radius 3 is 1.51 bits per heavy atom. The van der Waals surface area contributed by atoms with E-state index in [4.69, 9.17) is 0 Å². The normalized spacial score (nSPS) is 11.5. The summed E-state index contributed by atoms with van der Waals surface area (Å²) in [6, 6.07) is 65.8. The highest BCUT2D eigenvalue weighted by atomic mass is 19.1. The number of rotatable bonds is 8. The standard InChI is InChI=1S/C56H43BFN/c1-36-16-14-17-37(2)54(36)57(55-38(3)18-15-19-39(55)4)49-32-28-42-27-31-47-51(33-29-43-26-30-46(49)52(42)53(43)47)59(45-24-12-7-13-25-45)56-48(41-22-10-6-11-23-41)34-44(35-50(56)58)40-20-8-5-9-21-40/h5-35H,1-4H3. The minimum absolute atomic E-state index is 0.0351. The molecule has 0 aliphatic carbocycles. The van der Waals surface area contributed by atoms with E-state index in [0.29, 0.717) is 5.69 Å². The third-order valence-electron chi connectivity index (χ3n) is 12.4. The van der Waals surface area contributed by atoms with E-state index in [0.717, 1.165) is 44.4 Å². The van der Waals surface area contributed by atoms with Crippen LogP contribution in [0, 0.1) is 33.5 Å². The lowest BCUT2D eigenvalue weighted by atomic mass is 9.33. The molecule has 0 N–H and O–H groups in total. The summed E-state index contributed by atoms with van der Waals surface area (Å²) in [5.41, 5.74) is 15.1. The molecule has 10 rings (SSSR count). The van der Waals surface area contributed by atoms with Gasteiger partial charge in [0.05, 0.1) is 11.4 Å². The third kappa shape index (κ3) is 6.17. The number of aryl methyl sites for hydroxylation is 4. The SMILES string of the molecule is Cc1cccc(C)c1B(c1c(C)cccc1C)c1ccc2ccc3c(N(c4ccccc4)c4c(F)cc(-c5ccccc5)cc4-c4ccccc4)ccc4ccc1c2c43. The minimum Gasteiger partial charge on any atom is -0.307 e. The molecule has 0 fully saturated rings. The Morgan fingerprint density at radius 1 is 0.424 bits per heavy atom. The number of hydrogen-bond donors (Lipinski definition) is 0. The van der Waals surface area contributed by atoms with Crippen LogP contribution in [0.5, 0.6) is 0 Å². The van der Waals surface area contributed by atoms with E-state index in [1.54, 1.807) is 6.07 Å². The third-order valence-corrected chi connectivity index (χ3v) is 12.4. The van der Waals surface area contributed by atoms with Crippen molar-refractivity contribution in [3.63, 3.8) is 0 Å². The highest BCUT2D eigenvalue weighted by Gasteiger charge is 2.31. The van der Waals surface area contributed by atoms with Gasteiger partial charge in [0.15, 0.2) is 0 Å². The van der Waals surface area contributed by atoms with Crippen molar-refractivity contribution >= 4 is 72.5 Å². The number of nitrogens with zero attached hydrogens (tertiary/aromatic N) is 1. The molecule has 0 amide bonds. The molecule has 0 heterocycles. The summed E-state index contributed by atoms with van der Waals surface area (Å²) in [6.07, 6.45) is 0. The summed E-state index contributed by atoms with van der Waals surface area (Å²) in [4.78, 5) is 2.13. The predicted octanol–water partition coefficient (Wildman–Crippen LogP) is 13.3. The van der Waals surface area contributed by atoms with Crippen LogP contribution < -0.4 is 21.3 Å². The van der Waals surface area contributed by atoms with E-state index in [2.05, 4.69) is 148 Å². The van der Waals surface area contributed by atoms with Crippen LogP contribution in [0.2, 0.25) is 0 Å². The first kappa shape index (κ1) is 36.4. The smallest absolute Gasteiger partial charge is 0.243 e. The number of benzene rings is 10. The van der Waals surface area contributed by atoms with Crippen molar-refractivity contribution in [2.24, 2.45) is 0 Å². The average Bonchev–Trinajstić information content (AvgIpc) is 3.26. The molecule has 0 unspecified atom stereocenters. The van der Waals surface area contributed by atoms with Gasteiger partial charge in [-0.15, -0.1) is 0 Å². The van der Waals surface area contributed by atoms with Crippen LogP contribution in [0.1, 0.15) is 22.3 Å². The molecule has 0 spiro atoms. The van der Waals surface area contributed by atoms with Gasteiger partial charge < -0.3 is 4.90 Å². The fourth-order valence-corrected chi connectivity index (χ4v) is 9.70. The van der Waals surface area contributed by atoms with E-state index >= 15 is 4.39 Å². The molecule has 0 aliphatic heterocycles. The average molecular weight is 760 g/mol. The molecule has 10 aromatic carbocycles. The van der Waals surface area contributed by atoms with E-state index in [1.807, 2.05) is 66.7 Å². The second kappa shape index (κ2) is 14.8. The van der Waals surface area contributed by atoms with E-state index in [1.165, 1.54) is 60.2 Å². The van der Waals surface area contributed by atoms with E-state index < -0.39 is 0 Å². The molecule has 0 aromatic heterocycles. The van der Waals surface area contributed by atoms with Crippen molar-refractivity contribution in [2.45, 2.75) is 27.7 Å². The highest BCUT2D eigenvalue weighted by molar-refractivity contribution is 6.98. The molecule has 0 radical (unpaired) electrons. The second-order valence-corrected chi connectivity index (χ2v) is 16.0. The zero-order valence-corrected chi connectivity index (χ0v) is 33.8. The van der Waals surface area contributed by atoms with Gasteiger partial charge in [0, 0.05) is 16.6 Å². The van der Waals surface area contributed by atoms with Crippen LogP contribution in [0.15, 0.2) is 188 Å². The quantitative estimate of drug-likeness (QED) is 0.110. The van der Waals surface area contributed by atoms with Crippen LogP contribution in [0.3, 0.4) is 0 Å². The minimum atomic E-state index is -0.285. The van der Waals surface area contributed by atoms with Crippen LogP contribution >= 0.6 is 0 Å². The molecule has 282 valence electrons. The summed E-state index contributed by atoms with van der Waals surface area (Å²) in [7, 11) is 0. The fourth-order valence-electron chi connectivity index (χ4n) is 9.70. The molecule has 0 saturated carbocycles. The maximum absolute atomic E-state index is 17.5. The van der Waals surface area contributed by atoms with Gasteiger partial charge in [-0.05, 0) is 102 Å². The van der Waals surface area contributed by atoms with E-state index in [9.17, 15) is 0 Å². The van der Waals surface area contributed by atoms with Crippen LogP contribution in [0.25, 0.3) is 54.6 Å². The van der Waals surface area contributed by atoms with Gasteiger partial charge in [-0.2, -0.15) is 0 Å². The molecule has 1 nitrogen and oxygen atoms in total. The first-order valence-electron chi connectivity index (χ1n) is 20.5. The lowest BCUT2D eigenvalue weighted by Crippen LogP contribution is -2.56. The van der Waals surface area contributed by atoms with Crippen LogP contribution in [0.4, 0.5) is 21.5 Å². The van der Waals surface area contributed by atoms with Crippen molar-refractivity contribution < 1.29 is 4.39 Å². The Balaban J connectivity index is 1.27. The van der Waals surface area contributed by atoms with Crippen molar-refractivity contribution in [3.8, 4) is 22.3 Å². The monoisotopic (exact) mass is 759 g/mol. The van der Waals surface area contributed by atoms with Crippen LogP contribution in [-0.2, 0) is 0 Å². The van der Waals surface area contributed by atoms with Gasteiger partial charge in [0.2, 0.25) is 6.71 Å². The highest BCUT2D eigenvalue weighted by Crippen LogP contribution is 2.48. The van der Waals surface area contributed by atoms with Crippen molar-refractivity contribution in [1.29, 1.82) is 0 Å². The van der Waals surface area contributed by atoms with Gasteiger partial charge in [-0.1, -0.05) is 196 Å². The summed E-state index contributed by atoms with van der Waals surface area (Å²) >= 11 is 0. The largest absolute Gasteiger partial charge is 0.307 e. The summed E-state index contributed by atoms with van der Waals surface area (Å²) in [6.45, 7) is 9.03. The summed E-state index contributed by atoms with van der Waals surface area (Å²) in [5, 5.41) is 7.08.